The SMILES string of the molecule is Cc1ccc(S(=O)(=O)NN2C(=O)C(=Cc3cccc(N(C)C)c3)SC2=S)cc1. The van der Waals surface area contributed by atoms with Crippen LogP contribution in [0.15, 0.2) is 58.3 Å². The van der Waals surface area contributed by atoms with E-state index in [0.29, 0.717) is 4.91 Å². The van der Waals surface area contributed by atoms with Gasteiger partial charge in [0.25, 0.3) is 15.9 Å². The Bertz CT molecular complexity index is 1060. The zero-order chi connectivity index (χ0) is 20.5. The number of thiocarbonyl (C=S) groups is 1. The van der Waals surface area contributed by atoms with Crippen molar-refractivity contribution >= 4 is 56.0 Å². The second kappa shape index (κ2) is 8.04. The number of aryl methyl sites for hydroxylation is 1. The summed E-state index contributed by atoms with van der Waals surface area (Å²) < 4.78 is 25.3. The van der Waals surface area contributed by atoms with Crippen molar-refractivity contribution in [2.75, 3.05) is 19.0 Å². The van der Waals surface area contributed by atoms with E-state index < -0.39 is 15.9 Å². The Labute approximate surface area is 174 Å². The third-order valence-electron chi connectivity index (χ3n) is 4.02. The van der Waals surface area contributed by atoms with Crippen LogP contribution >= 0.6 is 24.0 Å². The highest BCUT2D eigenvalue weighted by molar-refractivity contribution is 8.26. The molecule has 3 rings (SSSR count). The van der Waals surface area contributed by atoms with Crippen molar-refractivity contribution in [1.82, 2.24) is 9.84 Å². The summed E-state index contributed by atoms with van der Waals surface area (Å²) in [6, 6.07) is 14.0. The van der Waals surface area contributed by atoms with E-state index >= 15 is 0 Å². The number of sulfonamides is 1. The summed E-state index contributed by atoms with van der Waals surface area (Å²) >= 11 is 6.27. The predicted octanol–water partition coefficient (Wildman–Crippen LogP) is 3.16. The summed E-state index contributed by atoms with van der Waals surface area (Å²) in [5.41, 5.74) is 2.75. The molecule has 1 aliphatic heterocycles. The van der Waals surface area contributed by atoms with Gasteiger partial charge in [0.15, 0.2) is 4.32 Å². The molecule has 6 nitrogen and oxygen atoms in total. The average molecular weight is 434 g/mol. The molecule has 9 heteroatoms. The lowest BCUT2D eigenvalue weighted by Gasteiger charge is -2.16. The summed E-state index contributed by atoms with van der Waals surface area (Å²) in [6.07, 6.45) is 1.70. The number of thioether (sulfide) groups is 1. The molecule has 146 valence electrons. The Hall–Kier alpha value is -2.20. The normalized spacial score (nSPS) is 16.1. The Kier molecular flexibility index (Phi) is 5.90. The smallest absolute Gasteiger partial charge is 0.281 e. The number of nitrogens with one attached hydrogen (secondary N) is 1. The van der Waals surface area contributed by atoms with Crippen LogP contribution in [0.25, 0.3) is 6.08 Å². The third-order valence-corrected chi connectivity index (χ3v) is 6.64. The standard InChI is InChI=1S/C19H19N3O3S3/c1-13-7-9-16(10-8-13)28(24,25)20-22-18(23)17(27-19(22)26)12-14-5-4-6-15(11-14)21(2)3/h4-12,20H,1-3H3. The van der Waals surface area contributed by atoms with Gasteiger partial charge >= 0.3 is 0 Å². The first-order valence-electron chi connectivity index (χ1n) is 8.32. The van der Waals surface area contributed by atoms with Crippen LogP contribution in [0.4, 0.5) is 5.69 Å². The van der Waals surface area contributed by atoms with E-state index in [0.717, 1.165) is 33.6 Å². The maximum absolute atomic E-state index is 12.7. The van der Waals surface area contributed by atoms with Gasteiger partial charge in [-0.1, -0.05) is 53.8 Å². The minimum absolute atomic E-state index is 0.0646. The Morgan fingerprint density at radius 3 is 2.46 bits per heavy atom. The Morgan fingerprint density at radius 2 is 1.82 bits per heavy atom. The number of rotatable bonds is 5. The van der Waals surface area contributed by atoms with Crippen LogP contribution in [0, 0.1) is 6.92 Å². The van der Waals surface area contributed by atoms with Crippen LogP contribution in [-0.2, 0) is 14.8 Å². The van der Waals surface area contributed by atoms with E-state index in [9.17, 15) is 13.2 Å². The quantitative estimate of drug-likeness (QED) is 0.577. The largest absolute Gasteiger partial charge is 0.378 e. The second-order valence-corrected chi connectivity index (χ2v) is 9.75. The number of anilines is 1. The molecule has 0 unspecified atom stereocenters. The lowest BCUT2D eigenvalue weighted by atomic mass is 10.2. The topological polar surface area (TPSA) is 69.7 Å². The number of nitrogens with zero attached hydrogens (tertiary/aromatic N) is 2. The van der Waals surface area contributed by atoms with E-state index in [1.807, 2.05) is 50.2 Å². The number of carbonyl (C=O) groups excluding carboxylic acids is 1. The molecule has 0 saturated carbocycles. The van der Waals surface area contributed by atoms with Gasteiger partial charge < -0.3 is 4.90 Å². The number of hydrogen-bond acceptors (Lipinski definition) is 6. The zero-order valence-electron chi connectivity index (χ0n) is 15.5. The minimum atomic E-state index is -3.92. The lowest BCUT2D eigenvalue weighted by Crippen LogP contribution is -2.44. The average Bonchev–Trinajstić information content (AvgIpc) is 2.89. The molecule has 1 aliphatic rings. The lowest BCUT2D eigenvalue weighted by molar-refractivity contribution is -0.123. The molecule has 0 spiro atoms. The van der Waals surface area contributed by atoms with Crippen LogP contribution in [0.5, 0.6) is 0 Å². The highest BCUT2D eigenvalue weighted by atomic mass is 32.2. The van der Waals surface area contributed by atoms with E-state index in [-0.39, 0.29) is 9.22 Å². The first kappa shape index (κ1) is 20.5. The molecule has 28 heavy (non-hydrogen) atoms. The number of benzene rings is 2. The molecule has 1 heterocycles. The molecule has 2 aromatic carbocycles. The van der Waals surface area contributed by atoms with Crippen LogP contribution < -0.4 is 9.73 Å². The minimum Gasteiger partial charge on any atom is -0.378 e. The van der Waals surface area contributed by atoms with Crippen molar-refractivity contribution in [3.63, 3.8) is 0 Å². The Morgan fingerprint density at radius 1 is 1.14 bits per heavy atom. The maximum Gasteiger partial charge on any atom is 0.281 e. The van der Waals surface area contributed by atoms with Crippen LogP contribution in [0.2, 0.25) is 0 Å². The van der Waals surface area contributed by atoms with Gasteiger partial charge in [0.1, 0.15) is 0 Å². The van der Waals surface area contributed by atoms with Gasteiger partial charge in [-0.3, -0.25) is 4.79 Å². The second-order valence-electron chi connectivity index (χ2n) is 6.41. The number of hydrogen-bond donors (Lipinski definition) is 1. The van der Waals surface area contributed by atoms with Gasteiger partial charge in [0.05, 0.1) is 9.80 Å². The maximum atomic E-state index is 12.7. The van der Waals surface area contributed by atoms with E-state index in [1.165, 1.54) is 12.1 Å². The molecule has 0 radical (unpaired) electrons. The third kappa shape index (κ3) is 4.44. The van der Waals surface area contributed by atoms with Crippen molar-refractivity contribution in [2.24, 2.45) is 0 Å². The highest BCUT2D eigenvalue weighted by Crippen LogP contribution is 2.32. The molecule has 1 N–H and O–H groups in total. The number of amides is 1. The first-order chi connectivity index (χ1) is 13.2. The van der Waals surface area contributed by atoms with Gasteiger partial charge in [0.2, 0.25) is 0 Å². The van der Waals surface area contributed by atoms with Gasteiger partial charge in [-0.15, -0.1) is 4.83 Å². The first-order valence-corrected chi connectivity index (χ1v) is 11.0. The van der Waals surface area contributed by atoms with E-state index in [1.54, 1.807) is 18.2 Å². The molecule has 2 aromatic rings. The van der Waals surface area contributed by atoms with E-state index in [2.05, 4.69) is 4.83 Å². The van der Waals surface area contributed by atoms with Crippen molar-refractivity contribution < 1.29 is 13.2 Å². The monoisotopic (exact) mass is 433 g/mol. The van der Waals surface area contributed by atoms with Gasteiger partial charge in [-0.05, 0) is 42.8 Å². The summed E-state index contributed by atoms with van der Waals surface area (Å²) in [7, 11) is -0.0621. The molecule has 0 aromatic heterocycles. The number of hydrazine groups is 1. The summed E-state index contributed by atoms with van der Waals surface area (Å²) in [6.45, 7) is 1.86. The van der Waals surface area contributed by atoms with Crippen LogP contribution in [-0.4, -0.2) is 37.7 Å². The molecular formula is C19H19N3O3S3. The summed E-state index contributed by atoms with van der Waals surface area (Å²) in [4.78, 5) is 17.4. The molecule has 1 amide bonds. The number of carbonyl (C=O) groups is 1. The zero-order valence-corrected chi connectivity index (χ0v) is 18.0. The van der Waals surface area contributed by atoms with Crippen molar-refractivity contribution in [3.8, 4) is 0 Å². The molecule has 0 bridgehead atoms. The molecule has 0 atom stereocenters. The molecule has 1 saturated heterocycles. The summed E-state index contributed by atoms with van der Waals surface area (Å²) in [5.74, 6) is -0.499. The molecule has 0 aliphatic carbocycles. The fourth-order valence-electron chi connectivity index (χ4n) is 2.48. The molecule has 1 fully saturated rings. The van der Waals surface area contributed by atoms with Crippen molar-refractivity contribution in [1.29, 1.82) is 0 Å². The fourth-order valence-corrected chi connectivity index (χ4v) is 4.79. The fraction of sp³-hybridized carbons (Fsp3) is 0.158. The van der Waals surface area contributed by atoms with E-state index in [4.69, 9.17) is 12.2 Å². The predicted molar refractivity (Wildman–Crippen MR) is 117 cm³/mol. The van der Waals surface area contributed by atoms with Gasteiger partial charge in [0, 0.05) is 19.8 Å². The highest BCUT2D eigenvalue weighted by Gasteiger charge is 2.35. The van der Waals surface area contributed by atoms with Crippen LogP contribution in [0.3, 0.4) is 0 Å². The van der Waals surface area contributed by atoms with Crippen molar-refractivity contribution in [2.45, 2.75) is 11.8 Å². The van der Waals surface area contributed by atoms with Gasteiger partial charge in [-0.2, -0.15) is 0 Å². The summed E-state index contributed by atoms with van der Waals surface area (Å²) in [5, 5.41) is 0.900. The molecular weight excluding hydrogens is 414 g/mol. The van der Waals surface area contributed by atoms with Crippen LogP contribution in [0.1, 0.15) is 11.1 Å². The Balaban J connectivity index is 1.84. The van der Waals surface area contributed by atoms with Crippen molar-refractivity contribution in [3.05, 3.63) is 64.6 Å². The van der Waals surface area contributed by atoms with Gasteiger partial charge in [-0.25, -0.2) is 13.4 Å².